The number of benzene rings is 1. The molecular weight excluding hydrogens is 284 g/mol. The lowest BCUT2D eigenvalue weighted by Crippen LogP contribution is -2.50. The highest BCUT2D eigenvalue weighted by Gasteiger charge is 2.34. The first-order valence-electron chi connectivity index (χ1n) is 6.76. The minimum atomic E-state index is -0.763. The first-order valence-corrected chi connectivity index (χ1v) is 6.76. The van der Waals surface area contributed by atoms with Crippen LogP contribution in [0.15, 0.2) is 42.9 Å². The van der Waals surface area contributed by atoms with Crippen molar-refractivity contribution in [2.45, 2.75) is 6.10 Å². The van der Waals surface area contributed by atoms with Crippen LogP contribution >= 0.6 is 0 Å². The topological polar surface area (TPSA) is 84.4 Å². The van der Waals surface area contributed by atoms with Crippen molar-refractivity contribution in [1.82, 2.24) is 15.3 Å². The van der Waals surface area contributed by atoms with Crippen LogP contribution in [0.1, 0.15) is 10.5 Å². The number of likely N-dealkylation sites (N-methyl/N-ethyl adjacent to an activating group) is 1. The van der Waals surface area contributed by atoms with Gasteiger partial charge in [0.1, 0.15) is 11.4 Å². The molecule has 2 amide bonds. The van der Waals surface area contributed by atoms with Crippen LogP contribution in [0.25, 0.3) is 0 Å². The molecule has 1 aromatic carbocycles. The van der Waals surface area contributed by atoms with Gasteiger partial charge in [0, 0.05) is 19.4 Å². The number of para-hydroxylation sites is 2. The number of ether oxygens (including phenoxy) is 1. The van der Waals surface area contributed by atoms with Crippen molar-refractivity contribution < 1.29 is 14.3 Å². The predicted molar refractivity (Wildman–Crippen MR) is 78.6 cm³/mol. The molecule has 1 unspecified atom stereocenters. The molecule has 0 radical (unpaired) electrons. The number of amides is 2. The number of carbonyl (C=O) groups excluding carboxylic acids is 2. The van der Waals surface area contributed by atoms with Gasteiger partial charge >= 0.3 is 0 Å². The molecule has 7 nitrogen and oxygen atoms in total. The molecule has 0 spiro atoms. The highest BCUT2D eigenvalue weighted by atomic mass is 16.5. The SMILES string of the molecule is CNC(=O)C1CN(C(=O)c2cnccn2)c2ccccc2O1. The summed E-state index contributed by atoms with van der Waals surface area (Å²) in [6.07, 6.45) is 3.59. The van der Waals surface area contributed by atoms with Gasteiger partial charge in [0.15, 0.2) is 6.10 Å². The molecule has 1 aliphatic heterocycles. The molecule has 1 N–H and O–H groups in total. The number of hydrogen-bond acceptors (Lipinski definition) is 5. The van der Waals surface area contributed by atoms with Crippen LogP contribution in [0.2, 0.25) is 0 Å². The van der Waals surface area contributed by atoms with Crippen molar-refractivity contribution >= 4 is 17.5 Å². The van der Waals surface area contributed by atoms with E-state index in [1.165, 1.54) is 30.5 Å². The highest BCUT2D eigenvalue weighted by molar-refractivity contribution is 6.06. The fourth-order valence-corrected chi connectivity index (χ4v) is 2.27. The molecule has 1 atom stereocenters. The number of rotatable bonds is 2. The second kappa shape index (κ2) is 5.80. The van der Waals surface area contributed by atoms with Gasteiger partial charge < -0.3 is 10.1 Å². The Kier molecular flexibility index (Phi) is 3.69. The summed E-state index contributed by atoms with van der Waals surface area (Å²) in [6, 6.07) is 7.08. The highest BCUT2D eigenvalue weighted by Crippen LogP contribution is 2.33. The Hall–Kier alpha value is -2.96. The van der Waals surface area contributed by atoms with Gasteiger partial charge in [0.25, 0.3) is 11.8 Å². The molecule has 0 fully saturated rings. The van der Waals surface area contributed by atoms with E-state index in [0.717, 1.165) is 0 Å². The number of fused-ring (bicyclic) bond motifs is 1. The van der Waals surface area contributed by atoms with Gasteiger partial charge in [0.2, 0.25) is 0 Å². The standard InChI is InChI=1S/C15H14N4O3/c1-16-14(20)13-9-19(11-4-2-3-5-12(11)22-13)15(21)10-8-17-6-7-18-10/h2-8,13H,9H2,1H3,(H,16,20). The lowest BCUT2D eigenvalue weighted by molar-refractivity contribution is -0.127. The number of carbonyl (C=O) groups is 2. The molecule has 0 aliphatic carbocycles. The van der Waals surface area contributed by atoms with Crippen molar-refractivity contribution in [3.8, 4) is 5.75 Å². The maximum Gasteiger partial charge on any atom is 0.278 e. The third-order valence-electron chi connectivity index (χ3n) is 3.34. The van der Waals surface area contributed by atoms with E-state index in [0.29, 0.717) is 11.4 Å². The van der Waals surface area contributed by atoms with Crippen LogP contribution in [0.3, 0.4) is 0 Å². The van der Waals surface area contributed by atoms with Crippen LogP contribution in [-0.2, 0) is 4.79 Å². The molecule has 0 bridgehead atoms. The fourth-order valence-electron chi connectivity index (χ4n) is 2.27. The summed E-state index contributed by atoms with van der Waals surface area (Å²) in [5.74, 6) is -0.121. The van der Waals surface area contributed by atoms with Crippen LogP contribution in [0, 0.1) is 0 Å². The number of hydrogen-bond donors (Lipinski definition) is 1. The third-order valence-corrected chi connectivity index (χ3v) is 3.34. The van der Waals surface area contributed by atoms with Crippen LogP contribution in [-0.4, -0.2) is 41.5 Å². The number of anilines is 1. The smallest absolute Gasteiger partial charge is 0.278 e. The van der Waals surface area contributed by atoms with E-state index in [1.807, 2.05) is 0 Å². The molecule has 2 aromatic rings. The van der Waals surface area contributed by atoms with Crippen molar-refractivity contribution in [2.75, 3.05) is 18.5 Å². The largest absolute Gasteiger partial charge is 0.477 e. The summed E-state index contributed by atoms with van der Waals surface area (Å²) in [4.78, 5) is 34.0. The Morgan fingerprint density at radius 2 is 2.14 bits per heavy atom. The van der Waals surface area contributed by atoms with Gasteiger partial charge in [0.05, 0.1) is 18.4 Å². The lowest BCUT2D eigenvalue weighted by atomic mass is 10.1. The zero-order valence-electron chi connectivity index (χ0n) is 11.9. The Bertz CT molecular complexity index is 705. The Labute approximate surface area is 126 Å². The Balaban J connectivity index is 1.98. The van der Waals surface area contributed by atoms with Crippen molar-refractivity contribution in [3.05, 3.63) is 48.5 Å². The molecule has 1 aromatic heterocycles. The first kappa shape index (κ1) is 14.0. The zero-order chi connectivity index (χ0) is 15.5. The van der Waals surface area contributed by atoms with Gasteiger partial charge in [-0.2, -0.15) is 0 Å². The van der Waals surface area contributed by atoms with Crippen LogP contribution < -0.4 is 15.0 Å². The fraction of sp³-hybridized carbons (Fsp3) is 0.200. The number of aromatic nitrogens is 2. The minimum absolute atomic E-state index is 0.117. The normalized spacial score (nSPS) is 16.4. The second-order valence-corrected chi connectivity index (χ2v) is 4.69. The number of nitrogens with one attached hydrogen (secondary N) is 1. The van der Waals surface area contributed by atoms with Gasteiger partial charge in [-0.15, -0.1) is 0 Å². The average Bonchev–Trinajstić information content (AvgIpc) is 2.60. The summed E-state index contributed by atoms with van der Waals surface area (Å²) in [5.41, 5.74) is 0.827. The van der Waals surface area contributed by atoms with Crippen molar-refractivity contribution in [3.63, 3.8) is 0 Å². The molecule has 0 saturated heterocycles. The van der Waals surface area contributed by atoms with E-state index >= 15 is 0 Å². The Morgan fingerprint density at radius 3 is 2.86 bits per heavy atom. The Morgan fingerprint density at radius 1 is 1.32 bits per heavy atom. The van der Waals surface area contributed by atoms with E-state index < -0.39 is 6.10 Å². The quantitative estimate of drug-likeness (QED) is 0.879. The summed E-state index contributed by atoms with van der Waals surface area (Å²) >= 11 is 0. The van der Waals surface area contributed by atoms with E-state index in [9.17, 15) is 9.59 Å². The summed E-state index contributed by atoms with van der Waals surface area (Å²) in [6.45, 7) is 0.117. The third kappa shape index (κ3) is 2.48. The first-order chi connectivity index (χ1) is 10.7. The molecular formula is C15H14N4O3. The lowest BCUT2D eigenvalue weighted by Gasteiger charge is -2.33. The second-order valence-electron chi connectivity index (χ2n) is 4.69. The number of nitrogens with zero attached hydrogens (tertiary/aromatic N) is 3. The summed E-state index contributed by atoms with van der Waals surface area (Å²) < 4.78 is 5.66. The summed E-state index contributed by atoms with van der Waals surface area (Å²) in [7, 11) is 1.53. The van der Waals surface area contributed by atoms with Crippen molar-refractivity contribution in [2.24, 2.45) is 0 Å². The predicted octanol–water partition coefficient (Wildman–Crippen LogP) is 0.630. The van der Waals surface area contributed by atoms with Gasteiger partial charge in [-0.25, -0.2) is 4.98 Å². The van der Waals surface area contributed by atoms with E-state index in [-0.39, 0.29) is 24.1 Å². The van der Waals surface area contributed by atoms with Gasteiger partial charge in [-0.1, -0.05) is 12.1 Å². The zero-order valence-corrected chi connectivity index (χ0v) is 11.9. The molecule has 1 aliphatic rings. The average molecular weight is 298 g/mol. The minimum Gasteiger partial charge on any atom is -0.477 e. The van der Waals surface area contributed by atoms with Crippen LogP contribution in [0.4, 0.5) is 5.69 Å². The van der Waals surface area contributed by atoms with Crippen LogP contribution in [0.5, 0.6) is 5.75 Å². The van der Waals surface area contributed by atoms with Crippen molar-refractivity contribution in [1.29, 1.82) is 0 Å². The molecule has 7 heteroatoms. The van der Waals surface area contributed by atoms with E-state index in [4.69, 9.17) is 4.74 Å². The summed E-state index contributed by atoms with van der Waals surface area (Å²) in [5, 5.41) is 2.53. The molecule has 0 saturated carbocycles. The van der Waals surface area contributed by atoms with Gasteiger partial charge in [-0.3, -0.25) is 19.5 Å². The molecule has 2 heterocycles. The molecule has 22 heavy (non-hydrogen) atoms. The molecule has 112 valence electrons. The maximum absolute atomic E-state index is 12.7. The monoisotopic (exact) mass is 298 g/mol. The molecule has 3 rings (SSSR count). The van der Waals surface area contributed by atoms with Gasteiger partial charge in [-0.05, 0) is 12.1 Å². The van der Waals surface area contributed by atoms with E-state index in [2.05, 4.69) is 15.3 Å². The maximum atomic E-state index is 12.7. The van der Waals surface area contributed by atoms with E-state index in [1.54, 1.807) is 24.3 Å².